The third-order valence-electron chi connectivity index (χ3n) is 1.32. The highest BCUT2D eigenvalue weighted by Gasteiger charge is 2.25. The Labute approximate surface area is 83.8 Å². The van der Waals surface area contributed by atoms with Gasteiger partial charge in [0.1, 0.15) is 16.9 Å². The first-order valence-corrected chi connectivity index (χ1v) is 5.18. The molecular formula is C7H5N3OS2. The summed E-state index contributed by atoms with van der Waals surface area (Å²) >= 11 is 2.56. The van der Waals surface area contributed by atoms with Crippen LogP contribution in [-0.4, -0.2) is 16.9 Å². The van der Waals surface area contributed by atoms with Crippen molar-refractivity contribution in [2.75, 3.05) is 5.75 Å². The van der Waals surface area contributed by atoms with Gasteiger partial charge in [-0.3, -0.25) is 4.79 Å². The van der Waals surface area contributed by atoms with E-state index in [0.29, 0.717) is 9.99 Å². The van der Waals surface area contributed by atoms with Crippen molar-refractivity contribution < 1.29 is 4.79 Å². The molecule has 1 amide bonds. The van der Waals surface area contributed by atoms with Gasteiger partial charge in [-0.15, -0.1) is 11.8 Å². The lowest BCUT2D eigenvalue weighted by atomic mass is 10.3. The van der Waals surface area contributed by atoms with Crippen molar-refractivity contribution >= 4 is 29.4 Å². The molecule has 0 aromatic carbocycles. The fraction of sp³-hybridized carbons (Fsp3) is 0.286. The van der Waals surface area contributed by atoms with E-state index in [1.54, 1.807) is 6.07 Å². The number of hydrogen-bond acceptors (Lipinski definition) is 5. The van der Waals surface area contributed by atoms with Crippen LogP contribution in [0.4, 0.5) is 0 Å². The van der Waals surface area contributed by atoms with Crippen LogP contribution in [0.5, 0.6) is 0 Å². The minimum Gasteiger partial charge on any atom is -0.365 e. The van der Waals surface area contributed by atoms with Gasteiger partial charge in [-0.1, -0.05) is 11.8 Å². The van der Waals surface area contributed by atoms with Gasteiger partial charge in [0, 0.05) is 5.75 Å². The minimum absolute atomic E-state index is 0.0345. The average Bonchev–Trinajstić information content (AvgIpc) is 2.53. The first kappa shape index (κ1) is 9.97. The van der Waals surface area contributed by atoms with Gasteiger partial charge in [-0.2, -0.15) is 10.5 Å². The Morgan fingerprint density at radius 1 is 1.62 bits per heavy atom. The molecule has 1 saturated heterocycles. The summed E-state index contributed by atoms with van der Waals surface area (Å²) in [6, 6.07) is 3.80. The molecule has 4 nitrogen and oxygen atoms in total. The molecular weight excluding hydrogens is 206 g/mol. The second-order valence-corrected chi connectivity index (χ2v) is 4.69. The van der Waals surface area contributed by atoms with E-state index in [1.807, 2.05) is 0 Å². The zero-order valence-electron chi connectivity index (χ0n) is 6.48. The average molecular weight is 211 g/mol. The lowest BCUT2D eigenvalue weighted by molar-refractivity contribution is -0.114. The van der Waals surface area contributed by atoms with Crippen molar-refractivity contribution in [1.82, 2.24) is 0 Å². The predicted molar refractivity (Wildman–Crippen MR) is 51.3 cm³/mol. The number of thioether (sulfide) groups is 2. The van der Waals surface area contributed by atoms with E-state index in [4.69, 9.17) is 16.3 Å². The molecule has 1 aliphatic rings. The Bertz CT molecular complexity index is 350. The number of amides is 1. The van der Waals surface area contributed by atoms with Gasteiger partial charge < -0.3 is 5.73 Å². The molecule has 0 saturated carbocycles. The molecule has 1 heterocycles. The fourth-order valence-corrected chi connectivity index (χ4v) is 3.29. The number of rotatable bonds is 1. The fourth-order valence-electron chi connectivity index (χ4n) is 0.745. The van der Waals surface area contributed by atoms with Gasteiger partial charge in [0.05, 0.1) is 10.3 Å². The monoisotopic (exact) mass is 211 g/mol. The van der Waals surface area contributed by atoms with Crippen LogP contribution >= 0.6 is 23.5 Å². The molecule has 0 spiro atoms. The van der Waals surface area contributed by atoms with Crippen LogP contribution < -0.4 is 5.73 Å². The van der Waals surface area contributed by atoms with Crippen LogP contribution in [0.2, 0.25) is 0 Å². The van der Waals surface area contributed by atoms with Crippen molar-refractivity contribution in [2.24, 2.45) is 5.73 Å². The SMILES string of the molecule is N#CC(C(N)=O)=C1SCC(C#N)S1. The van der Waals surface area contributed by atoms with Crippen molar-refractivity contribution in [1.29, 1.82) is 10.5 Å². The maximum atomic E-state index is 10.7. The molecule has 0 aromatic rings. The first-order valence-electron chi connectivity index (χ1n) is 3.32. The third kappa shape index (κ3) is 2.18. The van der Waals surface area contributed by atoms with Crippen LogP contribution in [0.25, 0.3) is 0 Å². The molecule has 6 heteroatoms. The van der Waals surface area contributed by atoms with Gasteiger partial charge in [-0.05, 0) is 0 Å². The molecule has 1 unspecified atom stereocenters. The topological polar surface area (TPSA) is 90.7 Å². The Kier molecular flexibility index (Phi) is 3.24. The van der Waals surface area contributed by atoms with Crippen LogP contribution in [-0.2, 0) is 4.79 Å². The number of nitrogens with zero attached hydrogens (tertiary/aromatic N) is 2. The zero-order chi connectivity index (χ0) is 9.84. The van der Waals surface area contributed by atoms with Crippen LogP contribution in [0.1, 0.15) is 0 Å². The molecule has 1 aliphatic heterocycles. The summed E-state index contributed by atoms with van der Waals surface area (Å²) in [5.74, 6) is -0.120. The van der Waals surface area contributed by atoms with E-state index in [-0.39, 0.29) is 10.8 Å². The van der Waals surface area contributed by atoms with Crippen molar-refractivity contribution in [3.8, 4) is 12.1 Å². The normalized spacial score (nSPS) is 24.6. The van der Waals surface area contributed by atoms with E-state index in [0.717, 1.165) is 0 Å². The number of carbonyl (C=O) groups is 1. The predicted octanol–water partition coefficient (Wildman–Crippen LogP) is 0.579. The molecule has 1 fully saturated rings. The second kappa shape index (κ2) is 4.22. The van der Waals surface area contributed by atoms with E-state index < -0.39 is 5.91 Å². The summed E-state index contributed by atoms with van der Waals surface area (Å²) in [4.78, 5) is 10.7. The second-order valence-electron chi connectivity index (χ2n) is 2.19. The van der Waals surface area contributed by atoms with Gasteiger partial charge >= 0.3 is 0 Å². The summed E-state index contributed by atoms with van der Waals surface area (Å²) in [6.45, 7) is 0. The number of nitriles is 2. The number of carbonyl (C=O) groups excluding carboxylic acids is 1. The zero-order valence-corrected chi connectivity index (χ0v) is 8.11. The summed E-state index contributed by atoms with van der Waals surface area (Å²) in [6.07, 6.45) is 0. The molecule has 66 valence electrons. The molecule has 0 aliphatic carbocycles. The number of nitrogens with two attached hydrogens (primary N) is 1. The molecule has 1 atom stereocenters. The Balaban J connectivity index is 2.90. The maximum Gasteiger partial charge on any atom is 0.261 e. The molecule has 1 rings (SSSR count). The number of hydrogen-bond donors (Lipinski definition) is 1. The van der Waals surface area contributed by atoms with E-state index in [2.05, 4.69) is 6.07 Å². The van der Waals surface area contributed by atoms with E-state index in [1.165, 1.54) is 23.5 Å². The van der Waals surface area contributed by atoms with Crippen LogP contribution in [0.3, 0.4) is 0 Å². The molecule has 13 heavy (non-hydrogen) atoms. The largest absolute Gasteiger partial charge is 0.365 e. The summed E-state index contributed by atoms with van der Waals surface area (Å²) in [5, 5.41) is 17.0. The van der Waals surface area contributed by atoms with Crippen molar-refractivity contribution in [3.05, 3.63) is 9.81 Å². The Morgan fingerprint density at radius 2 is 2.31 bits per heavy atom. The van der Waals surface area contributed by atoms with Gasteiger partial charge in [0.15, 0.2) is 0 Å². The Morgan fingerprint density at radius 3 is 2.69 bits per heavy atom. The Hall–Kier alpha value is -1.11. The summed E-state index contributed by atoms with van der Waals surface area (Å²) in [7, 11) is 0. The highest BCUT2D eigenvalue weighted by molar-refractivity contribution is 8.25. The van der Waals surface area contributed by atoms with Crippen LogP contribution in [0, 0.1) is 22.7 Å². The van der Waals surface area contributed by atoms with Gasteiger partial charge in [-0.25, -0.2) is 0 Å². The van der Waals surface area contributed by atoms with E-state index in [9.17, 15) is 4.79 Å². The molecule has 2 N–H and O–H groups in total. The van der Waals surface area contributed by atoms with E-state index >= 15 is 0 Å². The standard InChI is InChI=1S/C7H5N3OS2/c8-1-4-3-12-7(13-4)5(2-9)6(10)11/h4H,3H2,(H2,10,11). The first-order chi connectivity index (χ1) is 6.19. The molecule has 0 aromatic heterocycles. The van der Waals surface area contributed by atoms with Crippen molar-refractivity contribution in [3.63, 3.8) is 0 Å². The lowest BCUT2D eigenvalue weighted by Crippen LogP contribution is -2.13. The smallest absolute Gasteiger partial charge is 0.261 e. The highest BCUT2D eigenvalue weighted by Crippen LogP contribution is 2.43. The summed E-state index contributed by atoms with van der Waals surface area (Å²) < 4.78 is 0.571. The maximum absolute atomic E-state index is 10.7. The highest BCUT2D eigenvalue weighted by atomic mass is 32.2. The van der Waals surface area contributed by atoms with Gasteiger partial charge in [0.2, 0.25) is 0 Å². The lowest BCUT2D eigenvalue weighted by Gasteiger charge is -1.95. The minimum atomic E-state index is -0.726. The molecule has 0 radical (unpaired) electrons. The third-order valence-corrected chi connectivity index (χ3v) is 4.12. The number of primary amides is 1. The molecule has 0 bridgehead atoms. The van der Waals surface area contributed by atoms with Crippen LogP contribution in [0.15, 0.2) is 9.81 Å². The summed E-state index contributed by atoms with van der Waals surface area (Å²) in [5.41, 5.74) is 4.95. The quantitative estimate of drug-likeness (QED) is 0.506. The van der Waals surface area contributed by atoms with Gasteiger partial charge in [0.25, 0.3) is 5.91 Å². The van der Waals surface area contributed by atoms with Crippen molar-refractivity contribution in [2.45, 2.75) is 5.25 Å².